The zero-order chi connectivity index (χ0) is 13.3. The van der Waals surface area contributed by atoms with Crippen LogP contribution in [0.3, 0.4) is 0 Å². The van der Waals surface area contributed by atoms with Crippen LogP contribution in [-0.4, -0.2) is 45.5 Å². The Morgan fingerprint density at radius 2 is 2.16 bits per heavy atom. The maximum Gasteiger partial charge on any atom is 0.248 e. The number of amides is 2. The van der Waals surface area contributed by atoms with Crippen molar-refractivity contribution in [1.29, 1.82) is 0 Å². The van der Waals surface area contributed by atoms with Crippen LogP contribution in [0.25, 0.3) is 0 Å². The van der Waals surface area contributed by atoms with Crippen LogP contribution in [0, 0.1) is 0 Å². The molecule has 1 spiro atoms. The molecule has 3 rings (SSSR count). The van der Waals surface area contributed by atoms with E-state index in [1.165, 1.54) is 6.39 Å². The highest BCUT2D eigenvalue weighted by Gasteiger charge is 2.47. The van der Waals surface area contributed by atoms with Gasteiger partial charge in [0.15, 0.2) is 5.82 Å². The van der Waals surface area contributed by atoms with Crippen LogP contribution in [0.4, 0.5) is 0 Å². The first kappa shape index (κ1) is 12.1. The van der Waals surface area contributed by atoms with Crippen molar-refractivity contribution in [2.75, 3.05) is 13.1 Å². The summed E-state index contributed by atoms with van der Waals surface area (Å²) < 4.78 is 4.65. The maximum absolute atomic E-state index is 12.5. The number of hydrogen-bond acceptors (Lipinski definition) is 5. The molecule has 1 saturated heterocycles. The van der Waals surface area contributed by atoms with E-state index in [1.54, 1.807) is 4.90 Å². The first-order valence-electron chi connectivity index (χ1n) is 6.55. The molecule has 0 atom stereocenters. The summed E-state index contributed by atoms with van der Waals surface area (Å²) >= 11 is 0. The monoisotopic (exact) mass is 264 g/mol. The number of aromatic nitrogens is 2. The van der Waals surface area contributed by atoms with Gasteiger partial charge in [0.05, 0.1) is 6.54 Å². The Hall–Kier alpha value is -1.92. The molecular weight excluding hydrogens is 248 g/mol. The van der Waals surface area contributed by atoms with E-state index in [0.717, 1.165) is 25.7 Å². The fourth-order valence-corrected chi connectivity index (χ4v) is 2.94. The van der Waals surface area contributed by atoms with Crippen molar-refractivity contribution in [2.45, 2.75) is 37.6 Å². The van der Waals surface area contributed by atoms with Crippen LogP contribution in [0.15, 0.2) is 10.9 Å². The van der Waals surface area contributed by atoms with Crippen molar-refractivity contribution in [3.05, 3.63) is 12.2 Å². The largest absolute Gasteiger partial charge is 0.343 e. The average molecular weight is 264 g/mol. The van der Waals surface area contributed by atoms with Gasteiger partial charge in [-0.3, -0.25) is 9.59 Å². The molecule has 1 aliphatic heterocycles. The molecule has 2 heterocycles. The van der Waals surface area contributed by atoms with Crippen LogP contribution in [0.2, 0.25) is 0 Å². The van der Waals surface area contributed by atoms with E-state index in [1.807, 2.05) is 0 Å². The van der Waals surface area contributed by atoms with Gasteiger partial charge in [0.1, 0.15) is 5.54 Å². The average Bonchev–Trinajstić information content (AvgIpc) is 3.04. The van der Waals surface area contributed by atoms with Crippen LogP contribution in [0.5, 0.6) is 0 Å². The number of nitrogens with one attached hydrogen (secondary N) is 1. The van der Waals surface area contributed by atoms with Gasteiger partial charge in [0, 0.05) is 13.0 Å². The molecule has 102 valence electrons. The molecule has 2 fully saturated rings. The molecule has 19 heavy (non-hydrogen) atoms. The maximum atomic E-state index is 12.5. The first-order valence-corrected chi connectivity index (χ1v) is 6.55. The lowest BCUT2D eigenvalue weighted by molar-refractivity contribution is -0.149. The number of piperazine rings is 1. The molecule has 1 N–H and O–H groups in total. The van der Waals surface area contributed by atoms with Gasteiger partial charge in [0.2, 0.25) is 18.2 Å². The lowest BCUT2D eigenvalue weighted by atomic mass is 9.93. The van der Waals surface area contributed by atoms with Crippen molar-refractivity contribution in [2.24, 2.45) is 0 Å². The lowest BCUT2D eigenvalue weighted by Crippen LogP contribution is -2.65. The molecule has 2 amide bonds. The number of hydrogen-bond donors (Lipinski definition) is 1. The van der Waals surface area contributed by atoms with Crippen LogP contribution < -0.4 is 5.32 Å². The van der Waals surface area contributed by atoms with Crippen LogP contribution in [-0.2, 0) is 16.0 Å². The zero-order valence-corrected chi connectivity index (χ0v) is 10.6. The fraction of sp³-hybridized carbons (Fsp3) is 0.667. The van der Waals surface area contributed by atoms with Gasteiger partial charge in [-0.2, -0.15) is 4.98 Å². The summed E-state index contributed by atoms with van der Waals surface area (Å²) in [5, 5.41) is 6.59. The Bertz CT molecular complexity index is 479. The quantitative estimate of drug-likeness (QED) is 0.822. The molecule has 1 aromatic rings. The third-order valence-corrected chi connectivity index (χ3v) is 3.88. The van der Waals surface area contributed by atoms with Gasteiger partial charge in [-0.15, -0.1) is 0 Å². The van der Waals surface area contributed by atoms with E-state index in [4.69, 9.17) is 0 Å². The Labute approximate surface area is 110 Å². The minimum absolute atomic E-state index is 0.0353. The lowest BCUT2D eigenvalue weighted by Gasteiger charge is -2.39. The molecule has 2 aliphatic rings. The third kappa shape index (κ3) is 2.20. The van der Waals surface area contributed by atoms with Crippen molar-refractivity contribution >= 4 is 11.8 Å². The smallest absolute Gasteiger partial charge is 0.248 e. The van der Waals surface area contributed by atoms with E-state index < -0.39 is 5.54 Å². The highest BCUT2D eigenvalue weighted by atomic mass is 16.5. The summed E-state index contributed by atoms with van der Waals surface area (Å²) in [6.45, 7) is 0.575. The summed E-state index contributed by atoms with van der Waals surface area (Å²) in [6, 6.07) is 0. The summed E-state index contributed by atoms with van der Waals surface area (Å²) in [5.74, 6) is 0.516. The fourth-order valence-electron chi connectivity index (χ4n) is 2.94. The molecule has 7 nitrogen and oxygen atoms in total. The minimum atomic E-state index is -0.646. The normalized spacial score (nSPS) is 22.0. The standard InChI is InChI=1S/C12H16N4O3/c17-10-7-16(6-3-9-13-8-19-15-9)11(18)12(14-10)4-1-2-5-12/h8H,1-7H2,(H,14,17). The Balaban J connectivity index is 1.70. The van der Waals surface area contributed by atoms with Gasteiger partial charge in [-0.25, -0.2) is 0 Å². The molecule has 0 radical (unpaired) electrons. The van der Waals surface area contributed by atoms with E-state index in [9.17, 15) is 9.59 Å². The Morgan fingerprint density at radius 1 is 1.37 bits per heavy atom. The van der Waals surface area contributed by atoms with Crippen LogP contribution in [0.1, 0.15) is 31.5 Å². The highest BCUT2D eigenvalue weighted by Crippen LogP contribution is 2.33. The number of rotatable bonds is 3. The SMILES string of the molecule is O=C1CN(CCc2ncon2)C(=O)C2(CCCC2)N1. The van der Waals surface area contributed by atoms with Crippen molar-refractivity contribution < 1.29 is 14.1 Å². The molecule has 1 aromatic heterocycles. The molecule has 1 aliphatic carbocycles. The second kappa shape index (κ2) is 4.64. The van der Waals surface area contributed by atoms with Gasteiger partial charge < -0.3 is 14.7 Å². The third-order valence-electron chi connectivity index (χ3n) is 3.88. The summed E-state index contributed by atoms with van der Waals surface area (Å²) in [5.41, 5.74) is -0.646. The van der Waals surface area contributed by atoms with Gasteiger partial charge >= 0.3 is 0 Å². The Kier molecular flexibility index (Phi) is 2.96. The minimum Gasteiger partial charge on any atom is -0.343 e. The molecule has 0 aromatic carbocycles. The van der Waals surface area contributed by atoms with E-state index in [0.29, 0.717) is 18.8 Å². The number of nitrogens with zero attached hydrogens (tertiary/aromatic N) is 3. The number of carbonyl (C=O) groups excluding carboxylic acids is 2. The van der Waals surface area contributed by atoms with Crippen molar-refractivity contribution in [1.82, 2.24) is 20.4 Å². The van der Waals surface area contributed by atoms with Crippen LogP contribution >= 0.6 is 0 Å². The first-order chi connectivity index (χ1) is 9.20. The van der Waals surface area contributed by atoms with Gasteiger partial charge in [-0.1, -0.05) is 18.0 Å². The zero-order valence-electron chi connectivity index (χ0n) is 10.6. The summed E-state index contributed by atoms with van der Waals surface area (Å²) in [6.07, 6.45) is 5.24. The molecule has 0 bridgehead atoms. The molecular formula is C12H16N4O3. The van der Waals surface area contributed by atoms with Gasteiger partial charge in [-0.05, 0) is 12.8 Å². The van der Waals surface area contributed by atoms with E-state index >= 15 is 0 Å². The predicted octanol–water partition coefficient (Wildman–Crippen LogP) is -0.117. The second-order valence-electron chi connectivity index (χ2n) is 5.16. The van der Waals surface area contributed by atoms with Gasteiger partial charge in [0.25, 0.3) is 0 Å². The predicted molar refractivity (Wildman–Crippen MR) is 63.9 cm³/mol. The molecule has 1 saturated carbocycles. The topological polar surface area (TPSA) is 88.3 Å². The highest BCUT2D eigenvalue weighted by molar-refractivity contribution is 5.98. The Morgan fingerprint density at radius 3 is 2.84 bits per heavy atom. The van der Waals surface area contributed by atoms with Crippen molar-refractivity contribution in [3.63, 3.8) is 0 Å². The summed E-state index contributed by atoms with van der Waals surface area (Å²) in [7, 11) is 0. The molecule has 7 heteroatoms. The number of carbonyl (C=O) groups is 2. The molecule has 0 unspecified atom stereocenters. The van der Waals surface area contributed by atoms with Crippen molar-refractivity contribution in [3.8, 4) is 0 Å². The van der Waals surface area contributed by atoms with E-state index in [2.05, 4.69) is 20.0 Å². The second-order valence-corrected chi connectivity index (χ2v) is 5.16. The summed E-state index contributed by atoms with van der Waals surface area (Å²) in [4.78, 5) is 29.8. The van der Waals surface area contributed by atoms with E-state index in [-0.39, 0.29) is 18.4 Å².